The molecule has 116 valence electrons. The van der Waals surface area contributed by atoms with Gasteiger partial charge >= 0.3 is 6.18 Å². The van der Waals surface area contributed by atoms with E-state index in [0.29, 0.717) is 25.0 Å². The number of fused-ring (bicyclic) bond motifs is 2. The lowest BCUT2D eigenvalue weighted by Crippen LogP contribution is -2.50. The van der Waals surface area contributed by atoms with Crippen molar-refractivity contribution in [3.63, 3.8) is 0 Å². The van der Waals surface area contributed by atoms with Gasteiger partial charge in [0.25, 0.3) is 0 Å². The number of ether oxygens (including phenoxy) is 1. The van der Waals surface area contributed by atoms with Crippen molar-refractivity contribution in [2.24, 2.45) is 5.92 Å². The Kier molecular flexibility index (Phi) is 3.14. The normalized spacial score (nSPS) is 33.2. The van der Waals surface area contributed by atoms with E-state index in [9.17, 15) is 13.2 Å². The summed E-state index contributed by atoms with van der Waals surface area (Å²) in [6.07, 6.45) is 0.428. The zero-order valence-corrected chi connectivity index (χ0v) is 12.4. The van der Waals surface area contributed by atoms with Gasteiger partial charge in [0.1, 0.15) is 4.88 Å². The van der Waals surface area contributed by atoms with Crippen LogP contribution in [0, 0.1) is 5.92 Å². The van der Waals surface area contributed by atoms with Crippen molar-refractivity contribution < 1.29 is 17.9 Å². The van der Waals surface area contributed by atoms with Crippen LogP contribution in [0.4, 0.5) is 13.2 Å². The van der Waals surface area contributed by atoms with Crippen LogP contribution in [0.25, 0.3) is 0 Å². The molecule has 1 N–H and O–H groups in total. The molecule has 0 radical (unpaired) electrons. The molecule has 1 saturated heterocycles. The molecule has 6 heteroatoms. The minimum absolute atomic E-state index is 0.402. The van der Waals surface area contributed by atoms with Gasteiger partial charge in [-0.2, -0.15) is 13.2 Å². The highest BCUT2D eigenvalue weighted by Crippen LogP contribution is 2.49. The van der Waals surface area contributed by atoms with E-state index in [4.69, 9.17) is 4.74 Å². The second-order valence-electron chi connectivity index (χ2n) is 6.39. The van der Waals surface area contributed by atoms with Crippen molar-refractivity contribution in [2.45, 2.75) is 49.9 Å². The second kappa shape index (κ2) is 4.70. The molecule has 0 aromatic carbocycles. The van der Waals surface area contributed by atoms with Gasteiger partial charge in [-0.15, -0.1) is 11.3 Å². The summed E-state index contributed by atoms with van der Waals surface area (Å²) < 4.78 is 45.1. The number of halogens is 3. The molecule has 2 unspecified atom stereocenters. The highest BCUT2D eigenvalue weighted by atomic mass is 32.1. The van der Waals surface area contributed by atoms with E-state index in [2.05, 4.69) is 5.32 Å². The molecule has 1 aromatic rings. The smallest absolute Gasteiger partial charge is 0.370 e. The first kappa shape index (κ1) is 14.0. The predicted octanol–water partition coefficient (Wildman–Crippen LogP) is 3.70. The number of hydrogen-bond acceptors (Lipinski definition) is 3. The Morgan fingerprint density at radius 3 is 2.86 bits per heavy atom. The molecule has 1 aliphatic carbocycles. The first-order valence-corrected chi connectivity index (χ1v) is 8.37. The van der Waals surface area contributed by atoms with Gasteiger partial charge in [0, 0.05) is 17.3 Å². The fourth-order valence-corrected chi connectivity index (χ4v) is 4.85. The van der Waals surface area contributed by atoms with E-state index in [0.717, 1.165) is 41.2 Å². The van der Waals surface area contributed by atoms with Crippen LogP contribution in [0.2, 0.25) is 0 Å². The van der Waals surface area contributed by atoms with Crippen LogP contribution in [0.15, 0.2) is 6.07 Å². The number of thiophene rings is 1. The molecule has 0 amide bonds. The maximum absolute atomic E-state index is 13.0. The van der Waals surface area contributed by atoms with Crippen LogP contribution in [-0.2, 0) is 22.9 Å². The molecule has 21 heavy (non-hydrogen) atoms. The quantitative estimate of drug-likeness (QED) is 0.853. The summed E-state index contributed by atoms with van der Waals surface area (Å²) in [5.74, 6) is 0.692. The number of alkyl halides is 3. The summed E-state index contributed by atoms with van der Waals surface area (Å²) in [5.41, 5.74) is 0.338. The van der Waals surface area contributed by atoms with Gasteiger partial charge < -0.3 is 10.1 Å². The Bertz CT molecular complexity index is 552. The maximum Gasteiger partial charge on any atom is 0.425 e. The minimum Gasteiger partial charge on any atom is -0.370 e. The van der Waals surface area contributed by atoms with Crippen LogP contribution in [0.5, 0.6) is 0 Å². The topological polar surface area (TPSA) is 21.3 Å². The van der Waals surface area contributed by atoms with E-state index in [1.807, 2.05) is 0 Å². The number of piperidine rings is 1. The Hall–Kier alpha value is -0.590. The summed E-state index contributed by atoms with van der Waals surface area (Å²) >= 11 is 0.910. The minimum atomic E-state index is -4.24. The van der Waals surface area contributed by atoms with Crippen molar-refractivity contribution in [1.29, 1.82) is 0 Å². The molecule has 1 spiro atoms. The van der Waals surface area contributed by atoms with Crippen LogP contribution in [0.1, 0.15) is 41.0 Å². The van der Waals surface area contributed by atoms with Crippen LogP contribution >= 0.6 is 11.3 Å². The van der Waals surface area contributed by atoms with Crippen molar-refractivity contribution in [1.82, 2.24) is 5.32 Å². The van der Waals surface area contributed by atoms with E-state index in [1.165, 1.54) is 18.9 Å². The Labute approximate surface area is 125 Å². The highest BCUT2D eigenvalue weighted by Gasteiger charge is 2.48. The van der Waals surface area contributed by atoms with Crippen molar-refractivity contribution in [2.75, 3.05) is 13.2 Å². The monoisotopic (exact) mass is 317 g/mol. The highest BCUT2D eigenvalue weighted by molar-refractivity contribution is 7.12. The van der Waals surface area contributed by atoms with Crippen LogP contribution in [0.3, 0.4) is 0 Å². The second-order valence-corrected chi connectivity index (χ2v) is 7.53. The van der Waals surface area contributed by atoms with Crippen LogP contribution in [-0.4, -0.2) is 19.2 Å². The summed E-state index contributed by atoms with van der Waals surface area (Å²) in [7, 11) is 0. The van der Waals surface area contributed by atoms with E-state index < -0.39 is 16.7 Å². The predicted molar refractivity (Wildman–Crippen MR) is 74.4 cm³/mol. The van der Waals surface area contributed by atoms with E-state index in [-0.39, 0.29) is 0 Å². The molecule has 1 saturated carbocycles. The first-order valence-electron chi connectivity index (χ1n) is 7.56. The molecular formula is C15H18F3NOS. The zero-order valence-electron chi connectivity index (χ0n) is 11.6. The molecule has 2 atom stereocenters. The molecule has 2 fully saturated rings. The molecule has 1 aromatic heterocycles. The molecule has 2 aliphatic heterocycles. The van der Waals surface area contributed by atoms with Gasteiger partial charge in [-0.25, -0.2) is 0 Å². The Balaban J connectivity index is 1.70. The third kappa shape index (κ3) is 2.41. The lowest BCUT2D eigenvalue weighted by Gasteiger charge is -2.44. The fraction of sp³-hybridized carbons (Fsp3) is 0.733. The fourth-order valence-electron chi connectivity index (χ4n) is 3.75. The largest absolute Gasteiger partial charge is 0.425 e. The SMILES string of the molecule is FC(F)(F)c1cc2c(s1)CCOC21CCNC(C2CC2)C1. The van der Waals surface area contributed by atoms with Crippen molar-refractivity contribution in [3.05, 3.63) is 21.4 Å². The third-order valence-electron chi connectivity index (χ3n) is 4.96. The molecule has 2 nitrogen and oxygen atoms in total. The third-order valence-corrected chi connectivity index (χ3v) is 6.20. The zero-order chi connectivity index (χ0) is 14.7. The van der Waals surface area contributed by atoms with Gasteiger partial charge in [-0.1, -0.05) is 0 Å². The average molecular weight is 317 g/mol. The first-order chi connectivity index (χ1) is 9.98. The van der Waals surface area contributed by atoms with Gasteiger partial charge in [-0.05, 0) is 49.8 Å². The van der Waals surface area contributed by atoms with Gasteiger partial charge in [0.15, 0.2) is 0 Å². The maximum atomic E-state index is 13.0. The summed E-state index contributed by atoms with van der Waals surface area (Å²) in [5, 5.41) is 3.52. The van der Waals surface area contributed by atoms with Gasteiger partial charge in [-0.3, -0.25) is 0 Å². The Morgan fingerprint density at radius 2 is 2.14 bits per heavy atom. The molecule has 0 bridgehead atoms. The molecule has 3 aliphatic rings. The number of nitrogens with one attached hydrogen (secondary N) is 1. The summed E-state index contributed by atoms with van der Waals surface area (Å²) in [6, 6.07) is 1.76. The standard InChI is InChI=1S/C15H18F3NOS/c16-15(17,18)13-7-10-12(21-13)3-6-20-14(10)4-5-19-11(8-14)9-1-2-9/h7,9,11,19H,1-6,8H2. The lowest BCUT2D eigenvalue weighted by molar-refractivity contribution is -0.134. The van der Waals surface area contributed by atoms with Gasteiger partial charge in [0.2, 0.25) is 0 Å². The van der Waals surface area contributed by atoms with Crippen LogP contribution < -0.4 is 5.32 Å². The van der Waals surface area contributed by atoms with Crippen molar-refractivity contribution in [3.8, 4) is 0 Å². The number of rotatable bonds is 1. The molecule has 4 rings (SSSR count). The molecular weight excluding hydrogens is 299 g/mol. The van der Waals surface area contributed by atoms with E-state index in [1.54, 1.807) is 0 Å². The Morgan fingerprint density at radius 1 is 1.33 bits per heavy atom. The van der Waals surface area contributed by atoms with E-state index >= 15 is 0 Å². The lowest BCUT2D eigenvalue weighted by atomic mass is 9.79. The average Bonchev–Trinajstić information content (AvgIpc) is 3.17. The van der Waals surface area contributed by atoms with Crippen molar-refractivity contribution >= 4 is 11.3 Å². The summed E-state index contributed by atoms with van der Waals surface area (Å²) in [4.78, 5) is 0.406. The summed E-state index contributed by atoms with van der Waals surface area (Å²) in [6.45, 7) is 1.38. The molecule has 3 heterocycles. The number of hydrogen-bond donors (Lipinski definition) is 1. The van der Waals surface area contributed by atoms with Gasteiger partial charge in [0.05, 0.1) is 12.2 Å².